The highest BCUT2D eigenvalue weighted by Gasteiger charge is 2.44. The Hall–Kier alpha value is -2.48. The van der Waals surface area contributed by atoms with Crippen LogP contribution in [0, 0.1) is 43.9 Å². The number of hydrogen-bond donors (Lipinski definition) is 1. The molecule has 136 valence electrons. The molecular formula is C21H24N2O3. The Labute approximate surface area is 153 Å². The fourth-order valence-electron chi connectivity index (χ4n) is 4.12. The molecule has 1 aromatic carbocycles. The van der Waals surface area contributed by atoms with Crippen LogP contribution in [0.15, 0.2) is 12.1 Å². The summed E-state index contributed by atoms with van der Waals surface area (Å²) in [5.74, 6) is -1.71. The van der Waals surface area contributed by atoms with Gasteiger partial charge in [-0.3, -0.25) is 14.4 Å². The number of carbonyl (C=O) groups is 3. The lowest BCUT2D eigenvalue weighted by Crippen LogP contribution is -2.36. The van der Waals surface area contributed by atoms with Gasteiger partial charge in [-0.25, -0.2) is 0 Å². The zero-order chi connectivity index (χ0) is 19.0. The maximum Gasteiger partial charge on any atom is 0.221 e. The van der Waals surface area contributed by atoms with E-state index in [1.54, 1.807) is 0 Å². The molecule has 5 nitrogen and oxygen atoms in total. The number of ketones is 2. The molecule has 3 unspecified atom stereocenters. The van der Waals surface area contributed by atoms with Crippen molar-refractivity contribution in [1.29, 1.82) is 5.26 Å². The van der Waals surface area contributed by atoms with Crippen molar-refractivity contribution in [3.63, 3.8) is 0 Å². The van der Waals surface area contributed by atoms with E-state index in [4.69, 9.17) is 5.26 Å². The van der Waals surface area contributed by atoms with Crippen LogP contribution < -0.4 is 5.32 Å². The molecule has 1 N–H and O–H groups in total. The van der Waals surface area contributed by atoms with E-state index in [9.17, 15) is 14.4 Å². The highest BCUT2D eigenvalue weighted by Crippen LogP contribution is 2.37. The number of nitrogens with zero attached hydrogens (tertiary/aromatic N) is 1. The monoisotopic (exact) mass is 352 g/mol. The molecule has 0 saturated heterocycles. The maximum absolute atomic E-state index is 12.9. The number of carbonyl (C=O) groups excluding carboxylic acids is 3. The molecule has 2 saturated carbocycles. The third-order valence-corrected chi connectivity index (χ3v) is 5.46. The van der Waals surface area contributed by atoms with Gasteiger partial charge >= 0.3 is 0 Å². The van der Waals surface area contributed by atoms with Crippen LogP contribution in [0.1, 0.15) is 53.9 Å². The van der Waals surface area contributed by atoms with Gasteiger partial charge < -0.3 is 5.32 Å². The molecule has 26 heavy (non-hydrogen) atoms. The molecule has 0 bridgehead atoms. The summed E-state index contributed by atoms with van der Waals surface area (Å²) < 4.78 is 0. The molecule has 0 aromatic heterocycles. The maximum atomic E-state index is 12.9. The van der Waals surface area contributed by atoms with Gasteiger partial charge in [-0.05, 0) is 56.2 Å². The number of nitriles is 1. The highest BCUT2D eigenvalue weighted by molar-refractivity contribution is 6.15. The molecular weight excluding hydrogens is 328 g/mol. The van der Waals surface area contributed by atoms with E-state index in [0.717, 1.165) is 35.1 Å². The smallest absolute Gasteiger partial charge is 0.221 e. The topological polar surface area (TPSA) is 87.0 Å². The van der Waals surface area contributed by atoms with Crippen LogP contribution in [0.5, 0.6) is 0 Å². The molecule has 3 atom stereocenters. The molecule has 2 fully saturated rings. The van der Waals surface area contributed by atoms with Gasteiger partial charge in [0.2, 0.25) is 5.91 Å². The summed E-state index contributed by atoms with van der Waals surface area (Å²) in [6, 6.07) is 5.60. The molecule has 0 radical (unpaired) electrons. The molecule has 2 aliphatic rings. The number of rotatable bonds is 5. The van der Waals surface area contributed by atoms with Crippen molar-refractivity contribution in [2.24, 2.45) is 11.8 Å². The van der Waals surface area contributed by atoms with Crippen LogP contribution >= 0.6 is 0 Å². The van der Waals surface area contributed by atoms with Crippen molar-refractivity contribution in [3.05, 3.63) is 34.4 Å². The van der Waals surface area contributed by atoms with Crippen molar-refractivity contribution >= 4 is 17.5 Å². The second kappa shape index (κ2) is 7.03. The normalized spacial score (nSPS) is 23.6. The molecule has 0 aliphatic heterocycles. The van der Waals surface area contributed by atoms with Crippen LogP contribution in [-0.4, -0.2) is 23.5 Å². The van der Waals surface area contributed by atoms with E-state index >= 15 is 0 Å². The van der Waals surface area contributed by atoms with Gasteiger partial charge in [0.1, 0.15) is 17.7 Å². The second-order valence-electron chi connectivity index (χ2n) is 7.73. The van der Waals surface area contributed by atoms with Crippen molar-refractivity contribution in [3.8, 4) is 6.07 Å². The van der Waals surface area contributed by atoms with E-state index in [-0.39, 0.29) is 36.2 Å². The Balaban J connectivity index is 1.73. The van der Waals surface area contributed by atoms with Crippen LogP contribution in [0.3, 0.4) is 0 Å². The zero-order valence-electron chi connectivity index (χ0n) is 15.5. The van der Waals surface area contributed by atoms with Crippen LogP contribution in [-0.2, 0) is 14.4 Å². The van der Waals surface area contributed by atoms with Gasteiger partial charge in [0.25, 0.3) is 0 Å². The Morgan fingerprint density at radius 2 is 1.85 bits per heavy atom. The zero-order valence-corrected chi connectivity index (χ0v) is 15.5. The first-order valence-electron chi connectivity index (χ1n) is 9.15. The Bertz CT molecular complexity index is 794. The molecule has 1 aromatic rings. The molecule has 1 amide bonds. The van der Waals surface area contributed by atoms with Crippen molar-refractivity contribution < 1.29 is 14.4 Å². The lowest BCUT2D eigenvalue weighted by Gasteiger charge is -2.16. The van der Waals surface area contributed by atoms with Crippen molar-refractivity contribution in [2.75, 3.05) is 0 Å². The Morgan fingerprint density at radius 3 is 2.38 bits per heavy atom. The van der Waals surface area contributed by atoms with Crippen LogP contribution in [0.2, 0.25) is 0 Å². The SMILES string of the molecule is Cc1cc(C)c(C2C(=O)CC(CC(=O)NC(C#N)C3CC3)C2=O)c(C)c1. The number of amides is 1. The van der Waals surface area contributed by atoms with Gasteiger partial charge in [0.05, 0.1) is 6.07 Å². The van der Waals surface area contributed by atoms with E-state index in [2.05, 4.69) is 11.4 Å². The second-order valence-corrected chi connectivity index (χ2v) is 7.73. The number of aryl methyl sites for hydroxylation is 3. The van der Waals surface area contributed by atoms with E-state index in [1.807, 2.05) is 32.9 Å². The van der Waals surface area contributed by atoms with Gasteiger partial charge in [0.15, 0.2) is 5.78 Å². The van der Waals surface area contributed by atoms with E-state index in [1.165, 1.54) is 0 Å². The van der Waals surface area contributed by atoms with Crippen molar-refractivity contribution in [1.82, 2.24) is 5.32 Å². The number of benzene rings is 1. The van der Waals surface area contributed by atoms with Crippen LogP contribution in [0.4, 0.5) is 0 Å². The van der Waals surface area contributed by atoms with E-state index < -0.39 is 17.9 Å². The quantitative estimate of drug-likeness (QED) is 0.825. The summed E-state index contributed by atoms with van der Waals surface area (Å²) in [4.78, 5) is 37.7. The highest BCUT2D eigenvalue weighted by atomic mass is 16.2. The minimum Gasteiger partial charge on any atom is -0.340 e. The largest absolute Gasteiger partial charge is 0.340 e. The molecule has 2 aliphatic carbocycles. The van der Waals surface area contributed by atoms with Crippen LogP contribution in [0.25, 0.3) is 0 Å². The average Bonchev–Trinajstić information content (AvgIpc) is 3.35. The van der Waals surface area contributed by atoms with Gasteiger partial charge in [0, 0.05) is 18.8 Å². The molecule has 5 heteroatoms. The molecule has 0 heterocycles. The average molecular weight is 352 g/mol. The third kappa shape index (κ3) is 3.55. The van der Waals surface area contributed by atoms with Gasteiger partial charge in [-0.1, -0.05) is 17.7 Å². The first kappa shape index (κ1) is 18.3. The Kier molecular flexibility index (Phi) is 4.95. The molecule has 3 rings (SSSR count). The summed E-state index contributed by atoms with van der Waals surface area (Å²) in [5.41, 5.74) is 3.77. The first-order chi connectivity index (χ1) is 12.3. The first-order valence-corrected chi connectivity index (χ1v) is 9.15. The fourth-order valence-corrected chi connectivity index (χ4v) is 4.12. The standard InChI is InChI=1S/C21H24N2O3/c1-11-6-12(2)19(13(3)7-11)20-17(24)8-15(21(20)26)9-18(25)23-16(10-22)14-4-5-14/h6-7,14-16,20H,4-5,8-9H2,1-3H3,(H,23,25). The lowest BCUT2D eigenvalue weighted by molar-refractivity contribution is -0.128. The summed E-state index contributed by atoms with van der Waals surface area (Å²) in [6.07, 6.45) is 1.99. The fraction of sp³-hybridized carbons (Fsp3) is 0.524. The summed E-state index contributed by atoms with van der Waals surface area (Å²) in [6.45, 7) is 5.83. The van der Waals surface area contributed by atoms with E-state index in [0.29, 0.717) is 0 Å². The minimum absolute atomic E-state index is 0.0179. The van der Waals surface area contributed by atoms with Gasteiger partial charge in [-0.2, -0.15) is 5.26 Å². The predicted molar refractivity (Wildman–Crippen MR) is 96.4 cm³/mol. The minimum atomic E-state index is -0.761. The predicted octanol–water partition coefficient (Wildman–Crippen LogP) is 2.66. The Morgan fingerprint density at radius 1 is 1.23 bits per heavy atom. The number of hydrogen-bond acceptors (Lipinski definition) is 4. The number of nitrogens with one attached hydrogen (secondary N) is 1. The lowest BCUT2D eigenvalue weighted by atomic mass is 9.86. The van der Waals surface area contributed by atoms with Gasteiger partial charge in [-0.15, -0.1) is 0 Å². The summed E-state index contributed by atoms with van der Waals surface area (Å²) in [5, 5.41) is 11.8. The van der Waals surface area contributed by atoms with Crippen molar-refractivity contribution in [2.45, 2.75) is 58.4 Å². The summed E-state index contributed by atoms with van der Waals surface area (Å²) in [7, 11) is 0. The summed E-state index contributed by atoms with van der Waals surface area (Å²) >= 11 is 0. The molecule has 0 spiro atoms. The number of Topliss-reactive ketones (excluding diaryl/α,β-unsaturated/α-hetero) is 2. The third-order valence-electron chi connectivity index (χ3n) is 5.46.